The second-order valence-electron chi connectivity index (χ2n) is 11.3. The number of fused-ring (bicyclic) bond motifs is 2. The molecule has 8 nitrogen and oxygen atoms in total. The lowest BCUT2D eigenvalue weighted by Crippen LogP contribution is -2.40. The Morgan fingerprint density at radius 1 is 0.909 bits per heavy atom. The van der Waals surface area contributed by atoms with Gasteiger partial charge in [0.1, 0.15) is 11.7 Å². The van der Waals surface area contributed by atoms with Crippen LogP contribution in [0.3, 0.4) is 0 Å². The van der Waals surface area contributed by atoms with E-state index in [-0.39, 0.29) is 12.4 Å². The number of para-hydroxylation sites is 2. The van der Waals surface area contributed by atoms with Gasteiger partial charge in [0.05, 0.1) is 13.1 Å². The molecule has 1 unspecified atom stereocenters. The van der Waals surface area contributed by atoms with Gasteiger partial charge in [-0.1, -0.05) is 73.7 Å². The quantitative estimate of drug-likeness (QED) is 0.0677. The first-order valence-electron chi connectivity index (χ1n) is 15.4. The third-order valence-corrected chi connectivity index (χ3v) is 7.83. The van der Waals surface area contributed by atoms with Crippen LogP contribution < -0.4 is 10.6 Å². The Balaban J connectivity index is 0.000000209. The van der Waals surface area contributed by atoms with Gasteiger partial charge in [0.25, 0.3) is 0 Å². The molecule has 5 aromatic rings. The van der Waals surface area contributed by atoms with Crippen LogP contribution in [0.2, 0.25) is 0 Å². The van der Waals surface area contributed by atoms with Gasteiger partial charge in [-0.25, -0.2) is 0 Å². The lowest BCUT2D eigenvalue weighted by molar-refractivity contribution is -0.109. The predicted octanol–water partition coefficient (Wildman–Crippen LogP) is 6.79. The lowest BCUT2D eigenvalue weighted by atomic mass is 10.0. The fraction of sp³-hybridized carbons (Fsp3) is 0.306. The number of nitrogens with zero attached hydrogens (tertiary/aromatic N) is 1. The molecular formula is C36H45N7O. The van der Waals surface area contributed by atoms with Crippen LogP contribution in [0.1, 0.15) is 42.9 Å². The number of carbonyl (C=O) groups is 1. The maximum absolute atomic E-state index is 10.6. The Bertz CT molecular complexity index is 1620. The Morgan fingerprint density at radius 2 is 1.57 bits per heavy atom. The summed E-state index contributed by atoms with van der Waals surface area (Å²) in [6.07, 6.45) is 8.61. The highest BCUT2D eigenvalue weighted by Gasteiger charge is 2.16. The molecule has 2 aromatic heterocycles. The molecule has 1 aliphatic heterocycles. The number of H-pyrrole nitrogens is 2. The largest absolute Gasteiger partial charge is 0.361 e. The SMILES string of the molecule is CC1CCCNC1.Cc1c[nH]c2ccccc12.N=C(CCc1c[nH]c2ccccc12)N(Cc1ccccc1)C(=N)CNC=O. The maximum Gasteiger partial charge on any atom is 0.207 e. The van der Waals surface area contributed by atoms with Crippen molar-refractivity contribution in [2.24, 2.45) is 5.92 Å². The fourth-order valence-corrected chi connectivity index (χ4v) is 5.32. The number of amidine groups is 2. The van der Waals surface area contributed by atoms with Crippen LogP contribution in [0.5, 0.6) is 0 Å². The number of aromatic amines is 2. The topological polar surface area (TPSA) is 124 Å². The molecule has 230 valence electrons. The number of hydrogen-bond acceptors (Lipinski definition) is 4. The van der Waals surface area contributed by atoms with E-state index in [2.05, 4.69) is 58.7 Å². The molecule has 8 heteroatoms. The van der Waals surface area contributed by atoms with E-state index < -0.39 is 0 Å². The van der Waals surface area contributed by atoms with E-state index in [1.54, 1.807) is 4.90 Å². The van der Waals surface area contributed by atoms with Crippen molar-refractivity contribution >= 4 is 39.9 Å². The molecule has 3 aromatic carbocycles. The van der Waals surface area contributed by atoms with E-state index in [0.717, 1.165) is 27.9 Å². The van der Waals surface area contributed by atoms with Crippen molar-refractivity contribution in [1.82, 2.24) is 25.5 Å². The highest BCUT2D eigenvalue weighted by atomic mass is 16.1. The zero-order chi connectivity index (χ0) is 31.1. The van der Waals surface area contributed by atoms with E-state index in [0.29, 0.717) is 31.6 Å². The molecule has 1 atom stereocenters. The van der Waals surface area contributed by atoms with Gasteiger partial charge < -0.3 is 25.5 Å². The van der Waals surface area contributed by atoms with Crippen molar-refractivity contribution in [3.8, 4) is 0 Å². The molecule has 6 rings (SSSR count). The van der Waals surface area contributed by atoms with Crippen molar-refractivity contribution in [2.75, 3.05) is 19.6 Å². The predicted molar refractivity (Wildman–Crippen MR) is 182 cm³/mol. The zero-order valence-electron chi connectivity index (χ0n) is 25.8. The number of hydrogen-bond donors (Lipinski definition) is 6. The molecular weight excluding hydrogens is 546 g/mol. The first-order valence-corrected chi connectivity index (χ1v) is 15.4. The molecule has 6 N–H and O–H groups in total. The van der Waals surface area contributed by atoms with Gasteiger partial charge in [0, 0.05) is 40.6 Å². The summed E-state index contributed by atoms with van der Waals surface area (Å²) in [7, 11) is 0. The minimum absolute atomic E-state index is 0.103. The monoisotopic (exact) mass is 591 g/mol. The minimum Gasteiger partial charge on any atom is -0.361 e. The van der Waals surface area contributed by atoms with Gasteiger partial charge in [0.2, 0.25) is 6.41 Å². The second-order valence-corrected chi connectivity index (χ2v) is 11.3. The Morgan fingerprint density at radius 3 is 2.20 bits per heavy atom. The lowest BCUT2D eigenvalue weighted by Gasteiger charge is -2.26. The summed E-state index contributed by atoms with van der Waals surface area (Å²) in [5, 5.41) is 25.1. The highest BCUT2D eigenvalue weighted by molar-refractivity contribution is 5.99. The van der Waals surface area contributed by atoms with Crippen LogP contribution in [0.15, 0.2) is 91.3 Å². The number of nitrogens with one attached hydrogen (secondary N) is 6. The third-order valence-electron chi connectivity index (χ3n) is 7.83. The highest BCUT2D eigenvalue weighted by Crippen LogP contribution is 2.20. The summed E-state index contributed by atoms with van der Waals surface area (Å²) >= 11 is 0. The van der Waals surface area contributed by atoms with Crippen LogP contribution >= 0.6 is 0 Å². The van der Waals surface area contributed by atoms with E-state index in [1.165, 1.54) is 42.4 Å². The van der Waals surface area contributed by atoms with Gasteiger partial charge >= 0.3 is 0 Å². The van der Waals surface area contributed by atoms with Crippen molar-refractivity contribution in [1.29, 1.82) is 10.8 Å². The molecule has 0 radical (unpaired) electrons. The standard InChI is InChI=1S/C21H23N5O.C9H9N.C6H13N/c22-20(11-10-17-12-25-19-9-5-4-8-18(17)19)26(21(23)13-24-15-27)14-16-6-2-1-3-7-16;1-7-6-10-9-5-3-2-4-8(7)9;1-6-3-2-4-7-5-6/h1-9,12,15,22-23,25H,10-11,13-14H2,(H,24,27);2-6,10H,1H3;6-7H,2-5H2,1H3. The maximum atomic E-state index is 10.6. The number of aromatic nitrogens is 2. The Hall–Kier alpha value is -4.69. The van der Waals surface area contributed by atoms with E-state index in [9.17, 15) is 4.79 Å². The van der Waals surface area contributed by atoms with Gasteiger partial charge in [-0.2, -0.15) is 0 Å². The molecule has 3 heterocycles. The summed E-state index contributed by atoms with van der Waals surface area (Å²) < 4.78 is 0. The van der Waals surface area contributed by atoms with Gasteiger partial charge in [-0.3, -0.25) is 15.6 Å². The Labute approximate surface area is 260 Å². The second kappa shape index (κ2) is 16.8. The molecule has 1 saturated heterocycles. The third kappa shape index (κ3) is 9.41. The average molecular weight is 592 g/mol. The summed E-state index contributed by atoms with van der Waals surface area (Å²) in [6, 6.07) is 26.2. The smallest absolute Gasteiger partial charge is 0.207 e. The molecule has 0 aliphatic carbocycles. The summed E-state index contributed by atoms with van der Waals surface area (Å²) in [5.74, 6) is 1.49. The van der Waals surface area contributed by atoms with E-state index in [4.69, 9.17) is 10.8 Å². The fourth-order valence-electron chi connectivity index (χ4n) is 5.32. The van der Waals surface area contributed by atoms with Crippen molar-refractivity contribution in [3.63, 3.8) is 0 Å². The first kappa shape index (κ1) is 32.2. The number of rotatable bonds is 8. The van der Waals surface area contributed by atoms with Crippen LogP contribution in [0.4, 0.5) is 0 Å². The zero-order valence-corrected chi connectivity index (χ0v) is 25.8. The summed E-state index contributed by atoms with van der Waals surface area (Å²) in [6.45, 7) is 7.42. The molecule has 44 heavy (non-hydrogen) atoms. The van der Waals surface area contributed by atoms with Crippen LogP contribution in [0, 0.1) is 23.7 Å². The van der Waals surface area contributed by atoms with E-state index >= 15 is 0 Å². The van der Waals surface area contributed by atoms with Crippen LogP contribution in [-0.4, -0.2) is 52.6 Å². The molecule has 1 amide bonds. The number of aryl methyl sites for hydroxylation is 2. The van der Waals surface area contributed by atoms with Crippen LogP contribution in [-0.2, 0) is 17.8 Å². The molecule has 1 aliphatic rings. The molecule has 0 bridgehead atoms. The van der Waals surface area contributed by atoms with Crippen molar-refractivity contribution in [3.05, 3.63) is 108 Å². The van der Waals surface area contributed by atoms with Gasteiger partial charge in [-0.05, 0) is 74.0 Å². The number of benzene rings is 3. The number of amides is 1. The average Bonchev–Trinajstić information content (AvgIpc) is 3.66. The van der Waals surface area contributed by atoms with Crippen molar-refractivity contribution in [2.45, 2.75) is 46.1 Å². The summed E-state index contributed by atoms with van der Waals surface area (Å²) in [5.41, 5.74) is 5.80. The summed E-state index contributed by atoms with van der Waals surface area (Å²) in [4.78, 5) is 18.7. The Kier molecular flexibility index (Phi) is 12.3. The first-order chi connectivity index (χ1) is 21.5. The molecule has 1 fully saturated rings. The minimum atomic E-state index is 0.103. The number of carbonyl (C=O) groups excluding carboxylic acids is 1. The normalized spacial score (nSPS) is 14.1. The molecule has 0 spiro atoms. The van der Waals surface area contributed by atoms with Gasteiger partial charge in [0.15, 0.2) is 0 Å². The number of piperidine rings is 1. The van der Waals surface area contributed by atoms with E-state index in [1.807, 2.05) is 67.0 Å². The van der Waals surface area contributed by atoms with Crippen LogP contribution in [0.25, 0.3) is 21.8 Å². The van der Waals surface area contributed by atoms with Crippen molar-refractivity contribution < 1.29 is 4.79 Å². The van der Waals surface area contributed by atoms with Gasteiger partial charge in [-0.15, -0.1) is 0 Å². The molecule has 0 saturated carbocycles.